The summed E-state index contributed by atoms with van der Waals surface area (Å²) in [6.45, 7) is 1.46. The zero-order valence-corrected chi connectivity index (χ0v) is 22.8. The molecule has 2 rings (SSSR count). The van der Waals surface area contributed by atoms with E-state index in [1.807, 2.05) is 13.1 Å². The van der Waals surface area contributed by atoms with Crippen molar-refractivity contribution < 1.29 is 38.1 Å². The van der Waals surface area contributed by atoms with E-state index in [1.54, 1.807) is 24.3 Å². The predicted molar refractivity (Wildman–Crippen MR) is 141 cm³/mol. The van der Waals surface area contributed by atoms with Crippen molar-refractivity contribution in [1.82, 2.24) is 10.6 Å². The van der Waals surface area contributed by atoms with Crippen LogP contribution < -0.4 is 20.1 Å². The van der Waals surface area contributed by atoms with Crippen LogP contribution in [0.2, 0.25) is 10.0 Å². The first-order valence-electron chi connectivity index (χ1n) is 11.7. The lowest BCUT2D eigenvalue weighted by atomic mass is 10.1. The predicted octanol–water partition coefficient (Wildman–Crippen LogP) is 3.35. The van der Waals surface area contributed by atoms with Crippen LogP contribution in [0.25, 0.3) is 0 Å². The normalized spacial score (nSPS) is 11.3. The molecule has 2 aromatic carbocycles. The van der Waals surface area contributed by atoms with E-state index in [0.29, 0.717) is 6.42 Å². The zero-order chi connectivity index (χ0) is 28.1. The van der Waals surface area contributed by atoms with Crippen LogP contribution in [0.4, 0.5) is 0 Å². The molecule has 0 saturated carbocycles. The summed E-state index contributed by atoms with van der Waals surface area (Å²) in [5.41, 5.74) is 0.537. The third-order valence-corrected chi connectivity index (χ3v) is 5.75. The molecule has 0 aliphatic heterocycles. The van der Waals surface area contributed by atoms with E-state index < -0.39 is 36.5 Å². The van der Waals surface area contributed by atoms with E-state index in [1.165, 1.54) is 13.2 Å². The Balaban J connectivity index is 2.38. The minimum atomic E-state index is -1.07. The van der Waals surface area contributed by atoms with E-state index in [2.05, 4.69) is 15.4 Å². The Morgan fingerprint density at radius 2 is 1.74 bits per heavy atom. The number of amides is 1. The number of ether oxygens (including phenoxy) is 4. The van der Waals surface area contributed by atoms with Crippen LogP contribution in [0, 0.1) is 0 Å². The maximum absolute atomic E-state index is 13.3. The summed E-state index contributed by atoms with van der Waals surface area (Å²) in [7, 11) is 3.03. The molecule has 1 atom stereocenters. The Morgan fingerprint density at radius 3 is 2.37 bits per heavy atom. The minimum Gasteiger partial charge on any atom is -0.490 e. The lowest BCUT2D eigenvalue weighted by Gasteiger charge is -2.20. The molecule has 12 heteroatoms. The van der Waals surface area contributed by atoms with Crippen molar-refractivity contribution in [3.05, 3.63) is 57.6 Å². The number of carbonyl (C=O) groups is 4. The van der Waals surface area contributed by atoms with Crippen LogP contribution in [0.1, 0.15) is 35.7 Å². The standard InChI is InChI=1S/C26H30Cl2N2O8/c1-16(31)37-15-21(32)38-23-18(14-19(27)24(22(23)28)36-12-8-7-11-29-2)25(33)30-20(26(34)35-3)13-17-9-5-4-6-10-17/h4-6,9-10,14,20,29H,7-8,11-13,15H2,1-3H3,(H,30,33)/t20-/m0/s1. The molecule has 0 bridgehead atoms. The number of hydrogen-bond donors (Lipinski definition) is 2. The van der Waals surface area contributed by atoms with Gasteiger partial charge in [-0.1, -0.05) is 53.5 Å². The maximum Gasteiger partial charge on any atom is 0.349 e. The molecule has 0 unspecified atom stereocenters. The van der Waals surface area contributed by atoms with Crippen LogP contribution in [-0.2, 0) is 30.3 Å². The van der Waals surface area contributed by atoms with Crippen molar-refractivity contribution in [2.24, 2.45) is 0 Å². The van der Waals surface area contributed by atoms with Gasteiger partial charge < -0.3 is 29.6 Å². The highest BCUT2D eigenvalue weighted by Crippen LogP contribution is 2.43. The lowest BCUT2D eigenvalue weighted by Crippen LogP contribution is -2.43. The molecule has 0 radical (unpaired) electrons. The van der Waals surface area contributed by atoms with E-state index in [4.69, 9.17) is 37.4 Å². The Kier molecular flexibility index (Phi) is 12.8. The molecule has 0 aromatic heterocycles. The Labute approximate surface area is 230 Å². The summed E-state index contributed by atoms with van der Waals surface area (Å²) in [5.74, 6) is -3.54. The topological polar surface area (TPSA) is 129 Å². The summed E-state index contributed by atoms with van der Waals surface area (Å²) >= 11 is 12.9. The first-order valence-corrected chi connectivity index (χ1v) is 12.5. The van der Waals surface area contributed by atoms with Crippen molar-refractivity contribution in [2.45, 2.75) is 32.2 Å². The molecule has 38 heavy (non-hydrogen) atoms. The molecule has 0 heterocycles. The van der Waals surface area contributed by atoms with Crippen molar-refractivity contribution in [1.29, 1.82) is 0 Å². The minimum absolute atomic E-state index is 0.00812. The van der Waals surface area contributed by atoms with Crippen LogP contribution in [0.5, 0.6) is 11.5 Å². The third-order valence-electron chi connectivity index (χ3n) is 5.13. The van der Waals surface area contributed by atoms with Gasteiger partial charge >= 0.3 is 17.9 Å². The van der Waals surface area contributed by atoms with Gasteiger partial charge in [-0.3, -0.25) is 9.59 Å². The van der Waals surface area contributed by atoms with Gasteiger partial charge in [0, 0.05) is 13.3 Å². The second-order valence-corrected chi connectivity index (χ2v) is 8.82. The molecule has 0 aliphatic carbocycles. The molecule has 2 N–H and O–H groups in total. The maximum atomic E-state index is 13.3. The lowest BCUT2D eigenvalue weighted by molar-refractivity contribution is -0.152. The number of unbranched alkanes of at least 4 members (excludes halogenated alkanes) is 1. The van der Waals surface area contributed by atoms with E-state index in [9.17, 15) is 19.2 Å². The van der Waals surface area contributed by atoms with Gasteiger partial charge in [0.15, 0.2) is 18.1 Å². The quantitative estimate of drug-likeness (QED) is 0.200. The molecule has 0 saturated heterocycles. The number of hydrogen-bond acceptors (Lipinski definition) is 9. The van der Waals surface area contributed by atoms with Gasteiger partial charge in [0.25, 0.3) is 5.91 Å². The van der Waals surface area contributed by atoms with Crippen LogP contribution >= 0.6 is 23.2 Å². The van der Waals surface area contributed by atoms with Gasteiger partial charge in [-0.2, -0.15) is 0 Å². The number of carbonyl (C=O) groups excluding carboxylic acids is 4. The van der Waals surface area contributed by atoms with Crippen molar-refractivity contribution in [3.63, 3.8) is 0 Å². The Hall–Kier alpha value is -3.34. The molecule has 0 aliphatic rings. The van der Waals surface area contributed by atoms with E-state index in [-0.39, 0.29) is 40.1 Å². The number of halogens is 2. The summed E-state index contributed by atoms with van der Waals surface area (Å²) in [6, 6.07) is 9.14. The summed E-state index contributed by atoms with van der Waals surface area (Å²) < 4.78 is 20.5. The molecule has 0 spiro atoms. The zero-order valence-electron chi connectivity index (χ0n) is 21.3. The van der Waals surface area contributed by atoms with Gasteiger partial charge in [-0.05, 0) is 38.1 Å². The molecule has 10 nitrogen and oxygen atoms in total. The molecular formula is C26H30Cl2N2O8. The van der Waals surface area contributed by atoms with Crippen molar-refractivity contribution in [3.8, 4) is 11.5 Å². The SMILES string of the molecule is CNCCCCOc1c(Cl)cc(C(=O)N[C@@H](Cc2ccccc2)C(=O)OC)c(OC(=O)COC(C)=O)c1Cl. The Bertz CT molecular complexity index is 1130. The van der Waals surface area contributed by atoms with E-state index in [0.717, 1.165) is 25.5 Å². The second-order valence-electron chi connectivity index (χ2n) is 8.03. The van der Waals surface area contributed by atoms with Crippen LogP contribution in [0.3, 0.4) is 0 Å². The first kappa shape index (κ1) is 30.9. The fraction of sp³-hybridized carbons (Fsp3) is 0.385. The number of esters is 3. The van der Waals surface area contributed by atoms with Gasteiger partial charge in [-0.15, -0.1) is 0 Å². The van der Waals surface area contributed by atoms with Crippen LogP contribution in [-0.4, -0.2) is 63.8 Å². The average molecular weight is 569 g/mol. The molecule has 0 fully saturated rings. The monoisotopic (exact) mass is 568 g/mol. The van der Waals surface area contributed by atoms with Gasteiger partial charge in [0.05, 0.1) is 24.3 Å². The first-order chi connectivity index (χ1) is 18.2. The van der Waals surface area contributed by atoms with Gasteiger partial charge in [0.1, 0.15) is 11.1 Å². The highest BCUT2D eigenvalue weighted by molar-refractivity contribution is 6.39. The summed E-state index contributed by atoms with van der Waals surface area (Å²) in [4.78, 5) is 49.2. The largest absolute Gasteiger partial charge is 0.490 e. The number of rotatable bonds is 14. The Morgan fingerprint density at radius 1 is 1.03 bits per heavy atom. The van der Waals surface area contributed by atoms with Crippen LogP contribution in [0.15, 0.2) is 36.4 Å². The molecule has 206 valence electrons. The fourth-order valence-electron chi connectivity index (χ4n) is 3.29. The highest BCUT2D eigenvalue weighted by Gasteiger charge is 2.29. The van der Waals surface area contributed by atoms with Crippen molar-refractivity contribution >= 4 is 47.0 Å². The number of nitrogens with one attached hydrogen (secondary N) is 2. The average Bonchev–Trinajstić information content (AvgIpc) is 2.90. The second kappa shape index (κ2) is 15.8. The van der Waals surface area contributed by atoms with E-state index >= 15 is 0 Å². The molecule has 1 amide bonds. The smallest absolute Gasteiger partial charge is 0.349 e. The fourth-order valence-corrected chi connectivity index (χ4v) is 3.89. The third kappa shape index (κ3) is 9.51. The molecular weight excluding hydrogens is 539 g/mol. The number of methoxy groups -OCH3 is 1. The van der Waals surface area contributed by atoms with Gasteiger partial charge in [-0.25, -0.2) is 9.59 Å². The van der Waals surface area contributed by atoms with Gasteiger partial charge in [0.2, 0.25) is 0 Å². The number of benzene rings is 2. The summed E-state index contributed by atoms with van der Waals surface area (Å²) in [5, 5.41) is 5.37. The summed E-state index contributed by atoms with van der Waals surface area (Å²) in [6.07, 6.45) is 1.64. The highest BCUT2D eigenvalue weighted by atomic mass is 35.5. The van der Waals surface area contributed by atoms with Crippen molar-refractivity contribution in [2.75, 3.05) is 33.9 Å². The molecule has 2 aromatic rings.